The Morgan fingerprint density at radius 3 is 2.29 bits per heavy atom. The summed E-state index contributed by atoms with van der Waals surface area (Å²) in [7, 11) is 0. The van der Waals surface area contributed by atoms with Crippen molar-refractivity contribution in [2.24, 2.45) is 5.73 Å². The smallest absolute Gasteiger partial charge is 0.356 e. The molecule has 0 aliphatic carbocycles. The third kappa shape index (κ3) is 4.64. The van der Waals surface area contributed by atoms with Gasteiger partial charge in [-0.3, -0.25) is 9.69 Å². The molecule has 0 unspecified atom stereocenters. The van der Waals surface area contributed by atoms with Crippen molar-refractivity contribution in [1.82, 2.24) is 14.9 Å². The zero-order chi connectivity index (χ0) is 26.1. The van der Waals surface area contributed by atoms with Crippen LogP contribution in [-0.2, 0) is 14.3 Å². The molecule has 0 bridgehead atoms. The maximum absolute atomic E-state index is 13.9. The van der Waals surface area contributed by atoms with Gasteiger partial charge in [-0.15, -0.1) is 11.8 Å². The van der Waals surface area contributed by atoms with E-state index < -0.39 is 18.1 Å². The largest absolute Gasteiger partial charge is 0.448 e. The molecule has 3 aromatic carbocycles. The van der Waals surface area contributed by atoms with Crippen LogP contribution in [0.3, 0.4) is 0 Å². The molecule has 38 heavy (non-hydrogen) atoms. The zero-order valence-corrected chi connectivity index (χ0v) is 21.8. The monoisotopic (exact) mass is 540 g/mol. The number of carbonyl (C=O) groups excluding carboxylic acids is 2. The summed E-state index contributed by atoms with van der Waals surface area (Å²) in [6.45, 7) is 0. The Labute approximate surface area is 228 Å². The number of esters is 1. The number of nitrogens with two attached hydrogens (primary N) is 1. The minimum absolute atomic E-state index is 0.267. The molecule has 1 amide bonds. The number of amides is 1. The van der Waals surface area contributed by atoms with E-state index in [9.17, 15) is 9.59 Å². The maximum Gasteiger partial charge on any atom is 0.356 e. The minimum Gasteiger partial charge on any atom is -0.448 e. The van der Waals surface area contributed by atoms with Crippen molar-refractivity contribution in [3.63, 3.8) is 0 Å². The average molecular weight is 541 g/mol. The first-order valence-corrected chi connectivity index (χ1v) is 14.0. The van der Waals surface area contributed by atoms with E-state index in [0.717, 1.165) is 32.3 Å². The lowest BCUT2D eigenvalue weighted by Gasteiger charge is -2.48. The highest BCUT2D eigenvalue weighted by molar-refractivity contribution is 8.06. The van der Waals surface area contributed by atoms with Crippen LogP contribution >= 0.6 is 23.5 Å². The number of imidazole rings is 1. The Morgan fingerprint density at radius 1 is 1.03 bits per heavy atom. The molecule has 4 aromatic rings. The van der Waals surface area contributed by atoms with Gasteiger partial charge < -0.3 is 15.5 Å². The van der Waals surface area contributed by atoms with E-state index >= 15 is 0 Å². The number of carbonyl (C=O) groups is 2. The standard InChI is InChI=1S/C29H24N4O3S2/c30-23-27(34)33-24(29(35)36-25(18-7-3-1-4-8-18)19-9-5-2-6-10-19)22(17-37-28(23)33)38-21-13-11-20(12-14-21)26-31-15-16-32-26/h1-16,23,25,28H,17,30H2,(H,31,32)/t23-,28-/m1/s1. The summed E-state index contributed by atoms with van der Waals surface area (Å²) in [5.41, 5.74) is 9.02. The molecule has 1 fully saturated rings. The lowest BCUT2D eigenvalue weighted by atomic mass is 10.0. The second-order valence-corrected chi connectivity index (χ2v) is 11.2. The third-order valence-corrected chi connectivity index (χ3v) is 9.04. The van der Waals surface area contributed by atoms with Gasteiger partial charge in [0.2, 0.25) is 5.91 Å². The van der Waals surface area contributed by atoms with Crippen LogP contribution in [0.15, 0.2) is 113 Å². The van der Waals surface area contributed by atoms with Crippen molar-refractivity contribution in [2.75, 3.05) is 5.75 Å². The number of nitrogens with zero attached hydrogens (tertiary/aromatic N) is 2. The van der Waals surface area contributed by atoms with Gasteiger partial charge in [-0.05, 0) is 23.3 Å². The highest BCUT2D eigenvalue weighted by atomic mass is 32.2. The molecule has 0 saturated carbocycles. The van der Waals surface area contributed by atoms with Crippen molar-refractivity contribution in [3.05, 3.63) is 119 Å². The van der Waals surface area contributed by atoms with Crippen molar-refractivity contribution in [2.45, 2.75) is 22.4 Å². The first kappa shape index (κ1) is 24.5. The normalized spacial score (nSPS) is 18.8. The zero-order valence-electron chi connectivity index (χ0n) is 20.2. The molecule has 2 atom stereocenters. The number of rotatable bonds is 7. The number of aromatic amines is 1. The van der Waals surface area contributed by atoms with E-state index in [2.05, 4.69) is 9.97 Å². The Kier molecular flexibility index (Phi) is 6.80. The first-order chi connectivity index (χ1) is 18.6. The Balaban J connectivity index is 1.33. The molecule has 0 radical (unpaired) electrons. The summed E-state index contributed by atoms with van der Waals surface area (Å²) in [5, 5.41) is -0.275. The molecule has 3 N–H and O–H groups in total. The molecule has 6 rings (SSSR count). The number of ether oxygens (including phenoxy) is 1. The lowest BCUT2D eigenvalue weighted by Crippen LogP contribution is -2.68. The van der Waals surface area contributed by atoms with Crippen LogP contribution in [0.4, 0.5) is 0 Å². The fourth-order valence-electron chi connectivity index (χ4n) is 4.55. The van der Waals surface area contributed by atoms with Crippen molar-refractivity contribution < 1.29 is 14.3 Å². The number of fused-ring (bicyclic) bond motifs is 1. The summed E-state index contributed by atoms with van der Waals surface area (Å²) in [4.78, 5) is 37.3. The number of H-pyrrole nitrogens is 1. The summed E-state index contributed by atoms with van der Waals surface area (Å²) >= 11 is 3.03. The van der Waals surface area contributed by atoms with Gasteiger partial charge in [0, 0.05) is 33.5 Å². The van der Waals surface area contributed by atoms with Crippen molar-refractivity contribution in [1.29, 1.82) is 0 Å². The van der Waals surface area contributed by atoms with Gasteiger partial charge >= 0.3 is 5.97 Å². The van der Waals surface area contributed by atoms with Gasteiger partial charge in [0.1, 0.15) is 22.9 Å². The molecule has 0 spiro atoms. The molecule has 2 aliphatic rings. The number of hydrogen-bond donors (Lipinski definition) is 2. The SMILES string of the molecule is N[C@@H]1C(=O)N2C(C(=O)OC(c3ccccc3)c3ccccc3)=C(Sc3ccc(-c4ncc[nH]4)cc3)CS[C@H]12. The second-order valence-electron chi connectivity index (χ2n) is 8.88. The van der Waals surface area contributed by atoms with Crippen LogP contribution in [0.1, 0.15) is 17.2 Å². The number of β-lactam (4-membered cyclic amide) rings is 1. The van der Waals surface area contributed by atoms with Crippen LogP contribution in [0.5, 0.6) is 0 Å². The van der Waals surface area contributed by atoms with E-state index in [4.69, 9.17) is 10.5 Å². The van der Waals surface area contributed by atoms with Crippen LogP contribution < -0.4 is 5.73 Å². The Bertz CT molecular complexity index is 1440. The van der Waals surface area contributed by atoms with Gasteiger partial charge in [-0.2, -0.15) is 0 Å². The van der Waals surface area contributed by atoms with Crippen LogP contribution in [0.2, 0.25) is 0 Å². The van der Waals surface area contributed by atoms with E-state index in [1.54, 1.807) is 24.2 Å². The van der Waals surface area contributed by atoms with E-state index in [0.29, 0.717) is 5.75 Å². The minimum atomic E-state index is -0.624. The molecule has 1 aromatic heterocycles. The molecule has 1 saturated heterocycles. The lowest BCUT2D eigenvalue weighted by molar-refractivity contribution is -0.152. The predicted octanol–water partition coefficient (Wildman–Crippen LogP) is 4.96. The summed E-state index contributed by atoms with van der Waals surface area (Å²) in [6.07, 6.45) is 2.88. The molecule has 9 heteroatoms. The fourth-order valence-corrected chi connectivity index (χ4v) is 6.96. The number of nitrogens with one attached hydrogen (secondary N) is 1. The summed E-state index contributed by atoms with van der Waals surface area (Å²) in [6, 6.07) is 26.5. The van der Waals surface area contributed by atoms with E-state index in [1.165, 1.54) is 16.7 Å². The predicted molar refractivity (Wildman–Crippen MR) is 149 cm³/mol. The summed E-state index contributed by atoms with van der Waals surface area (Å²) in [5.74, 6) is 0.534. The van der Waals surface area contributed by atoms with Crippen LogP contribution in [-0.4, -0.2) is 43.9 Å². The molecule has 2 aliphatic heterocycles. The maximum atomic E-state index is 13.9. The number of benzene rings is 3. The number of aromatic nitrogens is 2. The van der Waals surface area contributed by atoms with E-state index in [1.807, 2.05) is 84.9 Å². The van der Waals surface area contributed by atoms with Gasteiger partial charge in [0.25, 0.3) is 0 Å². The molecule has 190 valence electrons. The molecular formula is C29H24N4O3S2. The van der Waals surface area contributed by atoms with Crippen molar-refractivity contribution >= 4 is 35.4 Å². The van der Waals surface area contributed by atoms with E-state index in [-0.39, 0.29) is 17.0 Å². The average Bonchev–Trinajstić information content (AvgIpc) is 3.52. The first-order valence-electron chi connectivity index (χ1n) is 12.1. The Morgan fingerprint density at radius 2 is 1.68 bits per heavy atom. The number of hydrogen-bond acceptors (Lipinski definition) is 7. The van der Waals surface area contributed by atoms with Gasteiger partial charge in [0.05, 0.1) is 0 Å². The molecule has 3 heterocycles. The highest BCUT2D eigenvalue weighted by Gasteiger charge is 2.52. The number of thioether (sulfide) groups is 2. The highest BCUT2D eigenvalue weighted by Crippen LogP contribution is 2.45. The van der Waals surface area contributed by atoms with Crippen LogP contribution in [0.25, 0.3) is 11.4 Å². The fraction of sp³-hybridized carbons (Fsp3) is 0.138. The second kappa shape index (κ2) is 10.5. The molecule has 7 nitrogen and oxygen atoms in total. The van der Waals surface area contributed by atoms with Gasteiger partial charge in [-0.25, -0.2) is 9.78 Å². The quantitative estimate of drug-likeness (QED) is 0.253. The summed E-state index contributed by atoms with van der Waals surface area (Å²) < 4.78 is 6.17. The van der Waals surface area contributed by atoms with Gasteiger partial charge in [0.15, 0.2) is 6.10 Å². The topological polar surface area (TPSA) is 101 Å². The Hall–Kier alpha value is -3.79. The van der Waals surface area contributed by atoms with Crippen LogP contribution in [0, 0.1) is 0 Å². The van der Waals surface area contributed by atoms with Gasteiger partial charge in [-0.1, -0.05) is 84.6 Å². The third-order valence-electron chi connectivity index (χ3n) is 6.46. The molecular weight excluding hydrogens is 516 g/mol. The van der Waals surface area contributed by atoms with Crippen molar-refractivity contribution in [3.8, 4) is 11.4 Å².